The minimum Gasteiger partial charge on any atom is -0.464 e. The van der Waals surface area contributed by atoms with E-state index in [1.165, 1.54) is 7.11 Å². The van der Waals surface area contributed by atoms with Crippen LogP contribution in [0.5, 0.6) is 0 Å². The van der Waals surface area contributed by atoms with Gasteiger partial charge in [-0.05, 0) is 26.2 Å². The Hall–Kier alpha value is -1.71. The van der Waals surface area contributed by atoms with E-state index in [0.29, 0.717) is 13.0 Å². The Kier molecular flexibility index (Phi) is 15.3. The molecular weight excluding hydrogens is 370 g/mol. The molecule has 0 aromatic heterocycles. The standard InChI is InChI=1S/C19H35NO8/c1-5-7-11-26-19(24)14(3)20-16(22)9-8-10-17(23)27-13-18(25-4)28-15(6-2)12-21/h14-15,18,21H,5-13H2,1-4H3,(H,20,22). The summed E-state index contributed by atoms with van der Waals surface area (Å²) in [6.07, 6.45) is 1.58. The van der Waals surface area contributed by atoms with E-state index in [2.05, 4.69) is 5.32 Å². The van der Waals surface area contributed by atoms with E-state index in [1.807, 2.05) is 13.8 Å². The third-order valence-electron chi connectivity index (χ3n) is 3.90. The Balaban J connectivity index is 4.00. The molecular formula is C19H35NO8. The van der Waals surface area contributed by atoms with Gasteiger partial charge >= 0.3 is 11.9 Å². The average molecular weight is 405 g/mol. The lowest BCUT2D eigenvalue weighted by atomic mass is 10.2. The second-order valence-electron chi connectivity index (χ2n) is 6.36. The molecule has 0 saturated heterocycles. The minimum absolute atomic E-state index is 0.0520. The summed E-state index contributed by atoms with van der Waals surface area (Å²) >= 11 is 0. The van der Waals surface area contributed by atoms with E-state index in [-0.39, 0.29) is 44.5 Å². The first-order valence-corrected chi connectivity index (χ1v) is 9.78. The van der Waals surface area contributed by atoms with Crippen molar-refractivity contribution in [2.75, 3.05) is 26.9 Å². The zero-order chi connectivity index (χ0) is 21.4. The van der Waals surface area contributed by atoms with Crippen molar-refractivity contribution in [3.8, 4) is 0 Å². The summed E-state index contributed by atoms with van der Waals surface area (Å²) in [5.74, 6) is -1.29. The quantitative estimate of drug-likeness (QED) is 0.224. The van der Waals surface area contributed by atoms with Crippen LogP contribution in [0.4, 0.5) is 0 Å². The third-order valence-corrected chi connectivity index (χ3v) is 3.90. The van der Waals surface area contributed by atoms with Gasteiger partial charge in [0.1, 0.15) is 12.6 Å². The van der Waals surface area contributed by atoms with Gasteiger partial charge < -0.3 is 29.4 Å². The first-order valence-electron chi connectivity index (χ1n) is 9.78. The van der Waals surface area contributed by atoms with Crippen LogP contribution in [0, 0.1) is 0 Å². The predicted molar refractivity (Wildman–Crippen MR) is 101 cm³/mol. The summed E-state index contributed by atoms with van der Waals surface area (Å²) in [5.41, 5.74) is 0. The average Bonchev–Trinajstić information content (AvgIpc) is 2.68. The van der Waals surface area contributed by atoms with Crippen LogP contribution in [-0.2, 0) is 33.3 Å². The highest BCUT2D eigenvalue weighted by molar-refractivity contribution is 5.84. The lowest BCUT2D eigenvalue weighted by molar-refractivity contribution is -0.194. The summed E-state index contributed by atoms with van der Waals surface area (Å²) in [6.45, 7) is 5.49. The largest absolute Gasteiger partial charge is 0.464 e. The molecule has 0 radical (unpaired) electrons. The molecule has 9 nitrogen and oxygen atoms in total. The fourth-order valence-corrected chi connectivity index (χ4v) is 2.09. The van der Waals surface area contributed by atoms with Gasteiger partial charge in [-0.15, -0.1) is 0 Å². The second kappa shape index (κ2) is 16.3. The number of amides is 1. The van der Waals surface area contributed by atoms with Gasteiger partial charge in [0, 0.05) is 20.0 Å². The summed E-state index contributed by atoms with van der Waals surface area (Å²) in [5, 5.41) is 11.7. The molecule has 0 rings (SSSR count). The molecule has 0 saturated carbocycles. The number of ether oxygens (including phenoxy) is 4. The molecule has 1 amide bonds. The Labute approximate surface area is 167 Å². The molecule has 2 N–H and O–H groups in total. The van der Waals surface area contributed by atoms with Crippen LogP contribution >= 0.6 is 0 Å². The Morgan fingerprint density at radius 3 is 2.36 bits per heavy atom. The maximum atomic E-state index is 11.8. The molecule has 0 aromatic carbocycles. The summed E-state index contributed by atoms with van der Waals surface area (Å²) in [4.78, 5) is 35.3. The van der Waals surface area contributed by atoms with Crippen molar-refractivity contribution in [1.29, 1.82) is 0 Å². The van der Waals surface area contributed by atoms with E-state index >= 15 is 0 Å². The smallest absolute Gasteiger partial charge is 0.328 e. The van der Waals surface area contributed by atoms with Crippen molar-refractivity contribution in [3.05, 3.63) is 0 Å². The van der Waals surface area contributed by atoms with Gasteiger partial charge in [-0.1, -0.05) is 20.3 Å². The normalized spacial score (nSPS) is 14.0. The van der Waals surface area contributed by atoms with Gasteiger partial charge in [0.05, 0.1) is 19.3 Å². The molecule has 9 heteroatoms. The zero-order valence-electron chi connectivity index (χ0n) is 17.4. The van der Waals surface area contributed by atoms with Crippen molar-refractivity contribution >= 4 is 17.8 Å². The van der Waals surface area contributed by atoms with E-state index in [9.17, 15) is 14.4 Å². The van der Waals surface area contributed by atoms with Crippen LogP contribution in [0.2, 0.25) is 0 Å². The molecule has 0 aliphatic heterocycles. The van der Waals surface area contributed by atoms with Crippen LogP contribution in [0.15, 0.2) is 0 Å². The maximum absolute atomic E-state index is 11.8. The van der Waals surface area contributed by atoms with E-state index in [4.69, 9.17) is 24.1 Å². The number of nitrogens with one attached hydrogen (secondary N) is 1. The summed E-state index contributed by atoms with van der Waals surface area (Å²) < 4.78 is 20.6. The second-order valence-corrected chi connectivity index (χ2v) is 6.36. The summed E-state index contributed by atoms with van der Waals surface area (Å²) in [6, 6.07) is -0.728. The van der Waals surface area contributed by atoms with Crippen LogP contribution in [0.3, 0.4) is 0 Å². The van der Waals surface area contributed by atoms with Gasteiger partial charge in [-0.2, -0.15) is 0 Å². The molecule has 0 heterocycles. The Bertz CT molecular complexity index is 453. The van der Waals surface area contributed by atoms with Crippen LogP contribution in [0.25, 0.3) is 0 Å². The number of esters is 2. The molecule has 0 spiro atoms. The lowest BCUT2D eigenvalue weighted by Gasteiger charge is -2.21. The molecule has 3 unspecified atom stereocenters. The number of carbonyl (C=O) groups is 3. The molecule has 28 heavy (non-hydrogen) atoms. The van der Waals surface area contributed by atoms with Gasteiger partial charge in [0.15, 0.2) is 6.29 Å². The molecule has 0 bridgehead atoms. The third kappa shape index (κ3) is 12.6. The predicted octanol–water partition coefficient (Wildman–Crippen LogP) is 1.31. The minimum atomic E-state index is -0.760. The number of hydrogen-bond acceptors (Lipinski definition) is 8. The van der Waals surface area contributed by atoms with E-state index in [0.717, 1.165) is 12.8 Å². The number of methoxy groups -OCH3 is 1. The molecule has 3 atom stereocenters. The zero-order valence-corrected chi connectivity index (χ0v) is 17.4. The van der Waals surface area contributed by atoms with Crippen molar-refractivity contribution in [3.63, 3.8) is 0 Å². The van der Waals surface area contributed by atoms with E-state index in [1.54, 1.807) is 6.92 Å². The number of hydrogen-bond donors (Lipinski definition) is 2. The monoisotopic (exact) mass is 405 g/mol. The topological polar surface area (TPSA) is 120 Å². The first-order chi connectivity index (χ1) is 13.4. The molecule has 0 aliphatic carbocycles. The molecule has 0 aliphatic rings. The number of unbranched alkanes of at least 4 members (excludes halogenated alkanes) is 1. The molecule has 0 fully saturated rings. The van der Waals surface area contributed by atoms with Gasteiger partial charge in [0.25, 0.3) is 0 Å². The first kappa shape index (κ1) is 26.3. The van der Waals surface area contributed by atoms with Gasteiger partial charge in [0.2, 0.25) is 5.91 Å². The number of carbonyl (C=O) groups excluding carboxylic acids is 3. The Morgan fingerprint density at radius 1 is 1.07 bits per heavy atom. The van der Waals surface area contributed by atoms with Crippen molar-refractivity contribution in [2.24, 2.45) is 0 Å². The Morgan fingerprint density at radius 2 is 1.79 bits per heavy atom. The van der Waals surface area contributed by atoms with Gasteiger partial charge in [-0.3, -0.25) is 9.59 Å². The van der Waals surface area contributed by atoms with Crippen LogP contribution in [-0.4, -0.2) is 68.3 Å². The number of aliphatic hydroxyl groups is 1. The molecule has 0 aromatic rings. The maximum Gasteiger partial charge on any atom is 0.328 e. The van der Waals surface area contributed by atoms with Gasteiger partial charge in [-0.25, -0.2) is 4.79 Å². The fraction of sp³-hybridized carbons (Fsp3) is 0.842. The van der Waals surface area contributed by atoms with Crippen LogP contribution in [0.1, 0.15) is 59.3 Å². The fourth-order valence-electron chi connectivity index (χ4n) is 2.09. The molecule has 164 valence electrons. The SMILES string of the molecule is CCCCOC(=O)C(C)NC(=O)CCCC(=O)OCC(OC)OC(CC)CO. The highest BCUT2D eigenvalue weighted by Crippen LogP contribution is 2.06. The number of rotatable bonds is 16. The highest BCUT2D eigenvalue weighted by atomic mass is 16.7. The van der Waals surface area contributed by atoms with Crippen molar-refractivity contribution < 1.29 is 38.4 Å². The van der Waals surface area contributed by atoms with Crippen molar-refractivity contribution in [2.45, 2.75) is 77.7 Å². The highest BCUT2D eigenvalue weighted by Gasteiger charge is 2.18. The van der Waals surface area contributed by atoms with Crippen molar-refractivity contribution in [1.82, 2.24) is 5.32 Å². The van der Waals surface area contributed by atoms with Crippen LogP contribution < -0.4 is 5.32 Å². The number of aliphatic hydroxyl groups excluding tert-OH is 1. The summed E-state index contributed by atoms with van der Waals surface area (Å²) in [7, 11) is 1.42. The van der Waals surface area contributed by atoms with E-state index < -0.39 is 24.3 Å². The lowest BCUT2D eigenvalue weighted by Crippen LogP contribution is -2.39.